The van der Waals surface area contributed by atoms with E-state index in [4.69, 9.17) is 0 Å². The number of alkyl halides is 5. The molecule has 8 heteroatoms. The molecule has 0 aromatic heterocycles. The Morgan fingerprint density at radius 2 is 2.00 bits per heavy atom. The molecule has 1 aromatic rings. The van der Waals surface area contributed by atoms with Gasteiger partial charge in [-0.25, -0.2) is 0 Å². The monoisotopic (exact) mass is 452 g/mol. The fourth-order valence-corrected chi connectivity index (χ4v) is 2.03. The maximum Gasteiger partial charge on any atom is 0.573 e. The Balaban J connectivity index is 3.15. The minimum absolute atomic E-state index is 0.128. The van der Waals surface area contributed by atoms with Gasteiger partial charge in [-0.05, 0) is 18.2 Å². The van der Waals surface area contributed by atoms with Gasteiger partial charge in [-0.3, -0.25) is 4.79 Å². The first-order valence-electron chi connectivity index (χ1n) is 4.54. The molecule has 0 radical (unpaired) electrons. The third kappa shape index (κ3) is 4.55. The third-order valence-electron chi connectivity index (χ3n) is 1.85. The van der Waals surface area contributed by atoms with E-state index in [-0.39, 0.29) is 10.9 Å². The number of carbonyl (C=O) groups is 1. The van der Waals surface area contributed by atoms with Crippen LogP contribution in [0.15, 0.2) is 22.7 Å². The third-order valence-corrected chi connectivity index (χ3v) is 4.60. The summed E-state index contributed by atoms with van der Waals surface area (Å²) in [6, 6.07) is 3.86. The molecule has 1 rings (SSSR count). The molecule has 0 aliphatic rings. The molecule has 0 aliphatic carbocycles. The highest BCUT2D eigenvalue weighted by Gasteiger charge is 2.33. The largest absolute Gasteiger partial charge is 0.573 e. The normalized spacial score (nSPS) is 13.2. The summed E-state index contributed by atoms with van der Waals surface area (Å²) in [5.74, 6) is -1.01. The zero-order valence-corrected chi connectivity index (χ0v) is 13.4. The quantitative estimate of drug-likeness (QED) is 0.487. The highest BCUT2D eigenvalue weighted by molar-refractivity contribution is 9.12. The van der Waals surface area contributed by atoms with Crippen molar-refractivity contribution in [1.29, 1.82) is 0 Å². The van der Waals surface area contributed by atoms with Gasteiger partial charge < -0.3 is 4.74 Å². The standard InChI is InChI=1S/C10H6Br3F3O2/c11-4-7(13)9(17)6-2-1-5(12)3-8(6)18-10(14,15)16/h1-3,7H,4H2. The Kier molecular flexibility index (Phi) is 5.67. The minimum atomic E-state index is -4.84. The molecule has 0 fully saturated rings. The average molecular weight is 455 g/mol. The predicted molar refractivity (Wildman–Crippen MR) is 71.7 cm³/mol. The summed E-state index contributed by atoms with van der Waals surface area (Å²) in [7, 11) is 0. The number of ketones is 1. The van der Waals surface area contributed by atoms with Gasteiger partial charge in [0, 0.05) is 9.80 Å². The summed E-state index contributed by atoms with van der Waals surface area (Å²) in [5, 5.41) is 0.285. The van der Waals surface area contributed by atoms with E-state index >= 15 is 0 Å². The molecular formula is C10H6Br3F3O2. The number of benzene rings is 1. The van der Waals surface area contributed by atoms with E-state index in [1.807, 2.05) is 0 Å². The number of carbonyl (C=O) groups excluding carboxylic acids is 1. The minimum Gasteiger partial charge on any atom is -0.405 e. The van der Waals surface area contributed by atoms with E-state index in [0.717, 1.165) is 6.07 Å². The van der Waals surface area contributed by atoms with Gasteiger partial charge >= 0.3 is 6.36 Å². The molecular weight excluding hydrogens is 449 g/mol. The Hall–Kier alpha value is -0.0800. The van der Waals surface area contributed by atoms with Crippen molar-refractivity contribution < 1.29 is 22.7 Å². The average Bonchev–Trinajstić information content (AvgIpc) is 2.25. The number of Topliss-reactive ketones (excluding diaryl/α,β-unsaturated/α-hetero) is 1. The van der Waals surface area contributed by atoms with Crippen LogP contribution in [0.5, 0.6) is 5.75 Å². The van der Waals surface area contributed by atoms with E-state index in [2.05, 4.69) is 52.5 Å². The molecule has 1 aromatic carbocycles. The van der Waals surface area contributed by atoms with Crippen LogP contribution in [0.1, 0.15) is 10.4 Å². The van der Waals surface area contributed by atoms with Gasteiger partial charge in [0.1, 0.15) is 5.75 Å². The van der Waals surface area contributed by atoms with Gasteiger partial charge in [-0.2, -0.15) is 0 Å². The first kappa shape index (κ1) is 16.0. The molecule has 0 bridgehead atoms. The van der Waals surface area contributed by atoms with Crippen LogP contribution in [0.3, 0.4) is 0 Å². The van der Waals surface area contributed by atoms with Crippen LogP contribution in [-0.4, -0.2) is 22.3 Å². The predicted octanol–water partition coefficient (Wildman–Crippen LogP) is 4.69. The van der Waals surface area contributed by atoms with E-state index < -0.39 is 22.7 Å². The van der Waals surface area contributed by atoms with Crippen LogP contribution in [-0.2, 0) is 0 Å². The van der Waals surface area contributed by atoms with Crippen molar-refractivity contribution in [3.63, 3.8) is 0 Å². The molecule has 0 saturated carbocycles. The van der Waals surface area contributed by atoms with Gasteiger partial charge in [0.05, 0.1) is 10.4 Å². The molecule has 100 valence electrons. The summed E-state index contributed by atoms with van der Waals surface area (Å²) < 4.78 is 40.9. The fourth-order valence-electron chi connectivity index (χ4n) is 1.15. The van der Waals surface area contributed by atoms with Gasteiger partial charge in [0.15, 0.2) is 5.78 Å². The Morgan fingerprint density at radius 3 is 2.50 bits per heavy atom. The molecule has 1 atom stereocenters. The molecule has 0 amide bonds. The first-order chi connectivity index (χ1) is 8.24. The van der Waals surface area contributed by atoms with Crippen molar-refractivity contribution in [2.75, 3.05) is 5.33 Å². The van der Waals surface area contributed by atoms with E-state index in [9.17, 15) is 18.0 Å². The Morgan fingerprint density at radius 1 is 1.39 bits per heavy atom. The first-order valence-corrected chi connectivity index (χ1v) is 7.37. The summed E-state index contributed by atoms with van der Waals surface area (Å²) in [6.07, 6.45) is -4.84. The second kappa shape index (κ2) is 6.38. The molecule has 0 spiro atoms. The van der Waals surface area contributed by atoms with Gasteiger partial charge in [0.25, 0.3) is 0 Å². The molecule has 0 N–H and O–H groups in total. The number of hydrogen-bond acceptors (Lipinski definition) is 2. The van der Waals surface area contributed by atoms with Crippen LogP contribution in [0.4, 0.5) is 13.2 Å². The molecule has 18 heavy (non-hydrogen) atoms. The Labute approximate surface area is 126 Å². The summed E-state index contributed by atoms with van der Waals surface area (Å²) in [5.41, 5.74) is -0.128. The van der Waals surface area contributed by atoms with Crippen LogP contribution in [0.25, 0.3) is 0 Å². The lowest BCUT2D eigenvalue weighted by Crippen LogP contribution is -2.21. The summed E-state index contributed by atoms with van der Waals surface area (Å²) >= 11 is 9.17. The van der Waals surface area contributed by atoms with Crippen molar-refractivity contribution in [2.45, 2.75) is 11.2 Å². The second-order valence-electron chi connectivity index (χ2n) is 3.17. The highest BCUT2D eigenvalue weighted by Crippen LogP contribution is 2.31. The van der Waals surface area contributed by atoms with E-state index in [1.165, 1.54) is 12.1 Å². The van der Waals surface area contributed by atoms with E-state index in [0.29, 0.717) is 4.47 Å². The van der Waals surface area contributed by atoms with Crippen LogP contribution in [0.2, 0.25) is 0 Å². The number of rotatable bonds is 4. The van der Waals surface area contributed by atoms with E-state index in [1.54, 1.807) is 0 Å². The fraction of sp³-hybridized carbons (Fsp3) is 0.300. The molecule has 0 heterocycles. The molecule has 0 aliphatic heterocycles. The molecule has 1 unspecified atom stereocenters. The van der Waals surface area contributed by atoms with Crippen molar-refractivity contribution in [1.82, 2.24) is 0 Å². The zero-order chi connectivity index (χ0) is 13.9. The highest BCUT2D eigenvalue weighted by atomic mass is 79.9. The number of hydrogen-bond donors (Lipinski definition) is 0. The zero-order valence-electron chi connectivity index (χ0n) is 8.60. The Bertz CT molecular complexity index is 448. The maximum absolute atomic E-state index is 12.2. The summed E-state index contributed by atoms with van der Waals surface area (Å²) in [6.45, 7) is 0. The van der Waals surface area contributed by atoms with Crippen molar-refractivity contribution >= 4 is 53.6 Å². The van der Waals surface area contributed by atoms with Gasteiger partial charge in [-0.1, -0.05) is 47.8 Å². The van der Waals surface area contributed by atoms with Gasteiger partial charge in [-0.15, -0.1) is 13.2 Å². The van der Waals surface area contributed by atoms with Crippen molar-refractivity contribution in [3.05, 3.63) is 28.2 Å². The lowest BCUT2D eigenvalue weighted by atomic mass is 10.1. The lowest BCUT2D eigenvalue weighted by Gasteiger charge is -2.14. The summed E-state index contributed by atoms with van der Waals surface area (Å²) in [4.78, 5) is 11.2. The van der Waals surface area contributed by atoms with Crippen molar-refractivity contribution in [2.24, 2.45) is 0 Å². The van der Waals surface area contributed by atoms with Crippen LogP contribution < -0.4 is 4.74 Å². The molecule has 2 nitrogen and oxygen atoms in total. The number of halogens is 6. The lowest BCUT2D eigenvalue weighted by molar-refractivity contribution is -0.274. The van der Waals surface area contributed by atoms with Crippen LogP contribution in [0, 0.1) is 0 Å². The van der Waals surface area contributed by atoms with Crippen molar-refractivity contribution in [3.8, 4) is 5.75 Å². The van der Waals surface area contributed by atoms with Crippen LogP contribution >= 0.6 is 47.8 Å². The maximum atomic E-state index is 12.2. The smallest absolute Gasteiger partial charge is 0.405 e. The SMILES string of the molecule is O=C(c1ccc(Br)cc1OC(F)(F)F)C(Br)CBr. The number of ether oxygens (including phenoxy) is 1. The topological polar surface area (TPSA) is 26.3 Å². The van der Waals surface area contributed by atoms with Gasteiger partial charge in [0.2, 0.25) is 0 Å². The molecule has 0 saturated heterocycles. The second-order valence-corrected chi connectivity index (χ2v) is 5.84.